The third-order valence-electron chi connectivity index (χ3n) is 5.66. The molecule has 0 bridgehead atoms. The van der Waals surface area contributed by atoms with Crippen molar-refractivity contribution in [1.29, 1.82) is 0 Å². The van der Waals surface area contributed by atoms with Crippen LogP contribution in [0.1, 0.15) is 123 Å². The van der Waals surface area contributed by atoms with Gasteiger partial charge in [-0.05, 0) is 61.2 Å². The minimum Gasteiger partial charge on any atom is -0.0984 e. The summed E-state index contributed by atoms with van der Waals surface area (Å²) in [5.74, 6) is 1.42. The second-order valence-corrected chi connectivity index (χ2v) is 15.3. The molecule has 0 nitrogen and oxygen atoms in total. The van der Waals surface area contributed by atoms with Gasteiger partial charge in [0.25, 0.3) is 0 Å². The van der Waals surface area contributed by atoms with Gasteiger partial charge in [-0.15, -0.1) is 0 Å². The van der Waals surface area contributed by atoms with Gasteiger partial charge in [-0.1, -0.05) is 128 Å². The Morgan fingerprint density at radius 2 is 1.13 bits per heavy atom. The van der Waals surface area contributed by atoms with Crippen molar-refractivity contribution >= 4 is 13.5 Å². The molecular weight excluding hydrogens is 379 g/mol. The summed E-state index contributed by atoms with van der Waals surface area (Å²) < 4.78 is 0. The molecule has 0 saturated carbocycles. The summed E-state index contributed by atoms with van der Waals surface area (Å²) >= 11 is 0. The highest BCUT2D eigenvalue weighted by molar-refractivity contribution is 7.65. The quantitative estimate of drug-likeness (QED) is 0.300. The van der Waals surface area contributed by atoms with E-state index in [-0.39, 0.29) is 10.3 Å². The molecule has 1 aromatic carbocycles. The second kappa shape index (κ2) is 9.99. The highest BCUT2D eigenvalue weighted by Crippen LogP contribution is 2.66. The lowest BCUT2D eigenvalue weighted by molar-refractivity contribution is 0.712. The highest BCUT2D eigenvalue weighted by Gasteiger charge is 2.37. The highest BCUT2D eigenvalue weighted by atomic mass is 31.1. The lowest BCUT2D eigenvalue weighted by Gasteiger charge is -2.43. The average Bonchev–Trinajstić information content (AvgIpc) is 2.58. The normalized spacial score (nSPS) is 14.0. The van der Waals surface area contributed by atoms with E-state index in [4.69, 9.17) is 0 Å². The fourth-order valence-corrected chi connectivity index (χ4v) is 8.74. The van der Waals surface area contributed by atoms with Gasteiger partial charge in [0.05, 0.1) is 0 Å². The molecule has 0 radical (unpaired) electrons. The van der Waals surface area contributed by atoms with Crippen LogP contribution < -0.4 is 0 Å². The Balaban J connectivity index is 4.18. The van der Waals surface area contributed by atoms with Crippen LogP contribution in [0.4, 0.5) is 0 Å². The number of allylic oxidation sites excluding steroid dienone is 4. The van der Waals surface area contributed by atoms with E-state index in [1.54, 1.807) is 0 Å². The Kier molecular flexibility index (Phi) is 8.96. The zero-order valence-corrected chi connectivity index (χ0v) is 22.8. The molecule has 0 aromatic heterocycles. The summed E-state index contributed by atoms with van der Waals surface area (Å²) in [7, 11) is -0.468. The summed E-state index contributed by atoms with van der Waals surface area (Å²) in [5.41, 5.74) is 7.01. The molecule has 0 heterocycles. The maximum atomic E-state index is 4.32. The molecule has 0 atom stereocenters. The van der Waals surface area contributed by atoms with Crippen LogP contribution in [0.2, 0.25) is 0 Å². The van der Waals surface area contributed by atoms with Gasteiger partial charge in [0.1, 0.15) is 0 Å². The fourth-order valence-electron chi connectivity index (χ4n) is 4.65. The van der Waals surface area contributed by atoms with Crippen LogP contribution in [0, 0.1) is 0 Å². The first-order valence-electron chi connectivity index (χ1n) is 11.5. The summed E-state index contributed by atoms with van der Waals surface area (Å²) in [6.45, 7) is 36.7. The van der Waals surface area contributed by atoms with Gasteiger partial charge in [-0.2, -0.15) is 0 Å². The third-order valence-corrected chi connectivity index (χ3v) is 9.25. The van der Waals surface area contributed by atoms with Gasteiger partial charge < -0.3 is 0 Å². The van der Waals surface area contributed by atoms with Crippen molar-refractivity contribution in [2.24, 2.45) is 0 Å². The number of hydrogen-bond donors (Lipinski definition) is 0. The number of benzene rings is 1. The Morgan fingerprint density at radius 3 is 1.37 bits per heavy atom. The van der Waals surface area contributed by atoms with E-state index in [0.717, 1.165) is 0 Å². The molecule has 0 saturated heterocycles. The first kappa shape index (κ1) is 26.9. The van der Waals surface area contributed by atoms with Crippen molar-refractivity contribution in [3.05, 3.63) is 65.0 Å². The lowest BCUT2D eigenvalue weighted by Crippen LogP contribution is -2.26. The van der Waals surface area contributed by atoms with E-state index < -0.39 is 7.92 Å². The summed E-state index contributed by atoms with van der Waals surface area (Å²) in [6, 6.07) is 4.88. The van der Waals surface area contributed by atoms with E-state index in [2.05, 4.69) is 121 Å². The van der Waals surface area contributed by atoms with Crippen LogP contribution in [-0.2, 0) is 0 Å². The minimum absolute atomic E-state index is 0.180. The topological polar surface area (TPSA) is 0 Å². The molecule has 0 spiro atoms. The van der Waals surface area contributed by atoms with Gasteiger partial charge in [-0.25, -0.2) is 0 Å². The first-order chi connectivity index (χ1) is 13.6. The Hall–Kier alpha value is -1.13. The molecule has 0 amide bonds. The molecule has 1 heteroatoms. The smallest absolute Gasteiger partial charge is 0.0107 e. The molecule has 0 unspecified atom stereocenters. The maximum Gasteiger partial charge on any atom is -0.0107 e. The van der Waals surface area contributed by atoms with E-state index in [1.807, 2.05) is 0 Å². The zero-order chi connectivity index (χ0) is 23.6. The molecule has 0 N–H and O–H groups in total. The predicted molar refractivity (Wildman–Crippen MR) is 142 cm³/mol. The van der Waals surface area contributed by atoms with Crippen molar-refractivity contribution in [3.63, 3.8) is 0 Å². The predicted octanol–water partition coefficient (Wildman–Crippen LogP) is 10.2. The van der Waals surface area contributed by atoms with Crippen molar-refractivity contribution in [1.82, 2.24) is 0 Å². The van der Waals surface area contributed by atoms with Crippen LogP contribution in [0.25, 0.3) is 5.57 Å². The van der Waals surface area contributed by atoms with Crippen molar-refractivity contribution in [3.8, 4) is 0 Å². The summed E-state index contributed by atoms with van der Waals surface area (Å²) in [5, 5.41) is 1.75. The van der Waals surface area contributed by atoms with Crippen molar-refractivity contribution in [2.75, 3.05) is 0 Å². The van der Waals surface area contributed by atoms with Crippen molar-refractivity contribution in [2.45, 2.75) is 111 Å². The summed E-state index contributed by atoms with van der Waals surface area (Å²) in [4.78, 5) is 0. The molecule has 0 aliphatic heterocycles. The van der Waals surface area contributed by atoms with E-state index in [1.165, 1.54) is 33.1 Å². The van der Waals surface area contributed by atoms with E-state index >= 15 is 0 Å². The van der Waals surface area contributed by atoms with Gasteiger partial charge in [-0.3, -0.25) is 0 Å². The standard InChI is InChI=1S/C29H47P/c1-15-23(26(16-2)30(28(9,10)11)29(12,13)14)27-24(20(5)6)17-22(19(3)4)18-25(27)21(7)8/h15-21H,1-2H2,3-14H3/b26-23-. The Morgan fingerprint density at radius 1 is 0.733 bits per heavy atom. The average molecular weight is 427 g/mol. The molecule has 0 aliphatic carbocycles. The van der Waals surface area contributed by atoms with Crippen molar-refractivity contribution < 1.29 is 0 Å². The van der Waals surface area contributed by atoms with Gasteiger partial charge in [0.15, 0.2) is 0 Å². The minimum atomic E-state index is -0.468. The molecule has 0 fully saturated rings. The molecule has 1 aromatic rings. The van der Waals surface area contributed by atoms with E-state index in [9.17, 15) is 0 Å². The van der Waals surface area contributed by atoms with E-state index in [0.29, 0.717) is 17.8 Å². The molecule has 30 heavy (non-hydrogen) atoms. The van der Waals surface area contributed by atoms with Crippen LogP contribution in [0.5, 0.6) is 0 Å². The van der Waals surface area contributed by atoms with Crippen LogP contribution in [0.15, 0.2) is 42.8 Å². The number of hydrogen-bond acceptors (Lipinski definition) is 0. The van der Waals surface area contributed by atoms with Crippen LogP contribution in [-0.4, -0.2) is 10.3 Å². The fraction of sp³-hybridized carbons (Fsp3) is 0.586. The number of rotatable bonds is 7. The maximum absolute atomic E-state index is 4.32. The van der Waals surface area contributed by atoms with Crippen LogP contribution >= 0.6 is 7.92 Å². The second-order valence-electron chi connectivity index (χ2n) is 11.4. The Bertz CT molecular complexity index is 746. The zero-order valence-electron chi connectivity index (χ0n) is 21.9. The molecule has 0 aliphatic rings. The molecule has 1 rings (SSSR count). The van der Waals surface area contributed by atoms with Gasteiger partial charge in [0, 0.05) is 0 Å². The third kappa shape index (κ3) is 5.97. The van der Waals surface area contributed by atoms with Gasteiger partial charge in [0.2, 0.25) is 0 Å². The molecular formula is C29H47P. The lowest BCUT2D eigenvalue weighted by atomic mass is 9.81. The van der Waals surface area contributed by atoms with Crippen LogP contribution in [0.3, 0.4) is 0 Å². The monoisotopic (exact) mass is 426 g/mol. The Labute approximate surface area is 189 Å². The first-order valence-corrected chi connectivity index (χ1v) is 12.9. The summed E-state index contributed by atoms with van der Waals surface area (Å²) in [6.07, 6.45) is 4.23. The SMILES string of the molecule is C=C/C(=C(\C=C)P(C(C)(C)C)C(C)(C)C)c1c(C(C)C)cc(C(C)C)cc1C(C)C. The van der Waals surface area contributed by atoms with Gasteiger partial charge >= 0.3 is 0 Å². The molecule has 168 valence electrons. The largest absolute Gasteiger partial charge is 0.0984 e.